The number of rotatable bonds is 4. The molecule has 2 aromatic rings. The van der Waals surface area contributed by atoms with Gasteiger partial charge in [0.15, 0.2) is 5.82 Å². The van der Waals surface area contributed by atoms with Crippen molar-refractivity contribution in [3.63, 3.8) is 0 Å². The van der Waals surface area contributed by atoms with Crippen LogP contribution in [0.25, 0.3) is 0 Å². The average Bonchev–Trinajstić information content (AvgIpc) is 2.84. The smallest absolute Gasteiger partial charge is 0.240 e. The average molecular weight is 238 g/mol. The zero-order valence-corrected chi connectivity index (χ0v) is 10.3. The van der Waals surface area contributed by atoms with Crippen LogP contribution >= 0.6 is 11.3 Å². The van der Waals surface area contributed by atoms with Gasteiger partial charge in [-0.1, -0.05) is 5.16 Å². The van der Waals surface area contributed by atoms with Gasteiger partial charge in [-0.15, -0.1) is 11.3 Å². The molecule has 0 aliphatic carbocycles. The molecule has 0 aliphatic heterocycles. The monoisotopic (exact) mass is 238 g/mol. The minimum Gasteiger partial charge on any atom is -0.338 e. The predicted molar refractivity (Wildman–Crippen MR) is 61.1 cm³/mol. The second-order valence-electron chi connectivity index (χ2n) is 3.64. The Morgan fingerprint density at radius 1 is 1.50 bits per heavy atom. The molecule has 2 heterocycles. The highest BCUT2D eigenvalue weighted by Gasteiger charge is 2.11. The maximum absolute atomic E-state index is 5.03. The van der Waals surface area contributed by atoms with Gasteiger partial charge in [-0.25, -0.2) is 4.98 Å². The zero-order valence-electron chi connectivity index (χ0n) is 9.52. The summed E-state index contributed by atoms with van der Waals surface area (Å²) in [6.07, 6.45) is 0. The third kappa shape index (κ3) is 2.45. The molecule has 6 heteroatoms. The molecular formula is C10H14N4OS. The van der Waals surface area contributed by atoms with Gasteiger partial charge >= 0.3 is 0 Å². The van der Waals surface area contributed by atoms with Crippen molar-refractivity contribution in [1.82, 2.24) is 20.4 Å². The first-order chi connectivity index (χ1) is 7.66. The number of aryl methyl sites for hydroxylation is 2. The number of nitrogens with one attached hydrogen (secondary N) is 1. The number of nitrogens with zero attached hydrogens (tertiary/aromatic N) is 3. The normalized spacial score (nSPS) is 12.9. The molecule has 0 bridgehead atoms. The van der Waals surface area contributed by atoms with E-state index in [0.717, 1.165) is 5.69 Å². The Kier molecular flexibility index (Phi) is 3.31. The maximum Gasteiger partial charge on any atom is 0.240 e. The van der Waals surface area contributed by atoms with E-state index in [4.69, 9.17) is 4.52 Å². The van der Waals surface area contributed by atoms with Crippen LogP contribution in [0.2, 0.25) is 0 Å². The van der Waals surface area contributed by atoms with Crippen molar-refractivity contribution in [2.24, 2.45) is 0 Å². The highest BCUT2D eigenvalue weighted by Crippen LogP contribution is 2.21. The molecule has 16 heavy (non-hydrogen) atoms. The molecule has 1 N–H and O–H groups in total. The molecule has 1 atom stereocenters. The zero-order chi connectivity index (χ0) is 11.5. The van der Waals surface area contributed by atoms with Crippen molar-refractivity contribution in [2.75, 3.05) is 0 Å². The van der Waals surface area contributed by atoms with Crippen LogP contribution < -0.4 is 5.32 Å². The van der Waals surface area contributed by atoms with Gasteiger partial charge in [0.25, 0.3) is 0 Å². The first-order valence-corrected chi connectivity index (χ1v) is 5.97. The lowest BCUT2D eigenvalue weighted by Gasteiger charge is -2.10. The Morgan fingerprint density at radius 3 is 2.88 bits per heavy atom. The van der Waals surface area contributed by atoms with E-state index in [1.54, 1.807) is 11.3 Å². The van der Waals surface area contributed by atoms with Crippen molar-refractivity contribution in [3.8, 4) is 0 Å². The maximum atomic E-state index is 5.03. The molecule has 0 saturated heterocycles. The molecule has 0 saturated carbocycles. The van der Waals surface area contributed by atoms with Crippen molar-refractivity contribution in [2.45, 2.75) is 33.4 Å². The SMILES string of the molecule is Cc1noc(CNC(C)c2scnc2C)n1. The number of thiazole rings is 1. The first kappa shape index (κ1) is 11.2. The molecule has 2 rings (SSSR count). The fourth-order valence-electron chi connectivity index (χ4n) is 1.47. The van der Waals surface area contributed by atoms with Gasteiger partial charge < -0.3 is 9.84 Å². The van der Waals surface area contributed by atoms with E-state index in [9.17, 15) is 0 Å². The fraction of sp³-hybridized carbons (Fsp3) is 0.500. The molecule has 1 unspecified atom stereocenters. The van der Waals surface area contributed by atoms with Crippen LogP contribution in [0.15, 0.2) is 10.0 Å². The molecule has 0 aromatic carbocycles. The van der Waals surface area contributed by atoms with Crippen LogP contribution in [0, 0.1) is 13.8 Å². The summed E-state index contributed by atoms with van der Waals surface area (Å²) in [5.41, 5.74) is 2.94. The van der Waals surface area contributed by atoms with Crippen LogP contribution in [-0.2, 0) is 6.54 Å². The van der Waals surface area contributed by atoms with Crippen LogP contribution in [0.3, 0.4) is 0 Å². The Morgan fingerprint density at radius 2 is 2.31 bits per heavy atom. The first-order valence-electron chi connectivity index (χ1n) is 5.09. The second-order valence-corrected chi connectivity index (χ2v) is 4.53. The van der Waals surface area contributed by atoms with E-state index in [1.165, 1.54) is 4.88 Å². The Balaban J connectivity index is 1.93. The third-order valence-electron chi connectivity index (χ3n) is 2.31. The van der Waals surface area contributed by atoms with E-state index in [0.29, 0.717) is 18.3 Å². The van der Waals surface area contributed by atoms with Gasteiger partial charge in [-0.2, -0.15) is 4.98 Å². The summed E-state index contributed by atoms with van der Waals surface area (Å²) in [5.74, 6) is 1.28. The quantitative estimate of drug-likeness (QED) is 0.882. The van der Waals surface area contributed by atoms with Crippen LogP contribution in [0.5, 0.6) is 0 Å². The summed E-state index contributed by atoms with van der Waals surface area (Å²) in [6.45, 7) is 6.51. The summed E-state index contributed by atoms with van der Waals surface area (Å²) in [5, 5.41) is 7.07. The third-order valence-corrected chi connectivity index (χ3v) is 3.42. The summed E-state index contributed by atoms with van der Waals surface area (Å²) in [7, 11) is 0. The Bertz CT molecular complexity index is 465. The van der Waals surface area contributed by atoms with Crippen LogP contribution in [-0.4, -0.2) is 15.1 Å². The number of aromatic nitrogens is 3. The van der Waals surface area contributed by atoms with Crippen LogP contribution in [0.4, 0.5) is 0 Å². The van der Waals surface area contributed by atoms with Crippen molar-refractivity contribution in [1.29, 1.82) is 0 Å². The van der Waals surface area contributed by atoms with E-state index >= 15 is 0 Å². The lowest BCUT2D eigenvalue weighted by atomic mass is 10.2. The molecule has 0 radical (unpaired) electrons. The summed E-state index contributed by atoms with van der Waals surface area (Å²) in [4.78, 5) is 9.60. The molecule has 86 valence electrons. The molecule has 5 nitrogen and oxygen atoms in total. The van der Waals surface area contributed by atoms with E-state index in [2.05, 4.69) is 27.4 Å². The minimum atomic E-state index is 0.250. The van der Waals surface area contributed by atoms with Crippen molar-refractivity contribution >= 4 is 11.3 Å². The highest BCUT2D eigenvalue weighted by atomic mass is 32.1. The summed E-state index contributed by atoms with van der Waals surface area (Å²) >= 11 is 1.66. The Labute approximate surface area is 97.9 Å². The topological polar surface area (TPSA) is 63.8 Å². The van der Waals surface area contributed by atoms with E-state index in [-0.39, 0.29) is 6.04 Å². The van der Waals surface area contributed by atoms with Gasteiger partial charge in [-0.05, 0) is 20.8 Å². The fourth-order valence-corrected chi connectivity index (χ4v) is 2.31. The number of hydrogen-bond donors (Lipinski definition) is 1. The molecule has 0 aliphatic rings. The van der Waals surface area contributed by atoms with Gasteiger partial charge in [0, 0.05) is 10.9 Å². The highest BCUT2D eigenvalue weighted by molar-refractivity contribution is 7.09. The molecule has 0 amide bonds. The van der Waals surface area contributed by atoms with E-state index in [1.807, 2.05) is 19.4 Å². The second kappa shape index (κ2) is 4.71. The van der Waals surface area contributed by atoms with Gasteiger partial charge in [0.05, 0.1) is 17.7 Å². The van der Waals surface area contributed by atoms with Crippen LogP contribution in [0.1, 0.15) is 35.3 Å². The van der Waals surface area contributed by atoms with Gasteiger partial charge in [-0.3, -0.25) is 0 Å². The predicted octanol–water partition coefficient (Wildman–Crippen LogP) is 1.99. The molecule has 2 aromatic heterocycles. The standard InChI is InChI=1S/C10H14N4OS/c1-6(10-7(2)12-5-16-10)11-4-9-13-8(3)14-15-9/h5-6,11H,4H2,1-3H3. The minimum absolute atomic E-state index is 0.250. The largest absolute Gasteiger partial charge is 0.338 e. The lowest BCUT2D eigenvalue weighted by Crippen LogP contribution is -2.18. The molecular weight excluding hydrogens is 224 g/mol. The summed E-state index contributed by atoms with van der Waals surface area (Å²) < 4.78 is 5.03. The Hall–Kier alpha value is -1.27. The van der Waals surface area contributed by atoms with Crippen molar-refractivity contribution < 1.29 is 4.52 Å². The summed E-state index contributed by atoms with van der Waals surface area (Å²) in [6, 6.07) is 0.250. The van der Waals surface area contributed by atoms with E-state index < -0.39 is 0 Å². The lowest BCUT2D eigenvalue weighted by molar-refractivity contribution is 0.358. The molecule has 0 fully saturated rings. The molecule has 0 spiro atoms. The van der Waals surface area contributed by atoms with Gasteiger partial charge in [0.2, 0.25) is 5.89 Å². The number of hydrogen-bond acceptors (Lipinski definition) is 6. The van der Waals surface area contributed by atoms with Crippen molar-refractivity contribution in [3.05, 3.63) is 27.8 Å². The van der Waals surface area contributed by atoms with Gasteiger partial charge in [0.1, 0.15) is 0 Å².